The lowest BCUT2D eigenvalue weighted by Gasteiger charge is -2.17. The number of carbonyl (C=O) groups is 1. The molecule has 0 spiro atoms. The molecule has 1 atom stereocenters. The predicted octanol–water partition coefficient (Wildman–Crippen LogP) is 4.43. The third-order valence-corrected chi connectivity index (χ3v) is 2.78. The molecule has 22 heavy (non-hydrogen) atoms. The van der Waals surface area contributed by atoms with Crippen molar-refractivity contribution in [1.82, 2.24) is 0 Å². The number of hydrogen-bond donors (Lipinski definition) is 1. The van der Waals surface area contributed by atoms with E-state index in [4.69, 9.17) is 9.47 Å². The van der Waals surface area contributed by atoms with Gasteiger partial charge in [0, 0.05) is 11.8 Å². The summed E-state index contributed by atoms with van der Waals surface area (Å²) in [5.74, 6) is -0.0289. The summed E-state index contributed by atoms with van der Waals surface area (Å²) >= 11 is 0. The van der Waals surface area contributed by atoms with E-state index in [2.05, 4.69) is 18.8 Å². The Kier molecular flexibility index (Phi) is 5.84. The van der Waals surface area contributed by atoms with Crippen LogP contribution in [0.15, 0.2) is 30.4 Å². The van der Waals surface area contributed by atoms with Crippen LogP contribution in [0.1, 0.15) is 18.9 Å². The molecule has 0 heterocycles. The second-order valence-corrected chi connectivity index (χ2v) is 4.60. The lowest BCUT2D eigenvalue weighted by atomic mass is 10.1. The van der Waals surface area contributed by atoms with Gasteiger partial charge < -0.3 is 9.47 Å². The van der Waals surface area contributed by atoms with Crippen LogP contribution in [0.3, 0.4) is 0 Å². The van der Waals surface area contributed by atoms with Crippen molar-refractivity contribution in [2.24, 2.45) is 0 Å². The highest BCUT2D eigenvalue weighted by Crippen LogP contribution is 2.34. The van der Waals surface area contributed by atoms with Gasteiger partial charge in [-0.2, -0.15) is 13.2 Å². The average Bonchev–Trinajstić information content (AvgIpc) is 2.43. The van der Waals surface area contributed by atoms with Crippen LogP contribution in [0.25, 0.3) is 0 Å². The molecule has 1 rings (SSSR count). The monoisotopic (exact) mass is 316 g/mol. The smallest absolute Gasteiger partial charge is 0.416 e. The number of anilines is 1. The molecule has 0 aliphatic heterocycles. The first-order valence-electron chi connectivity index (χ1n) is 6.36. The summed E-state index contributed by atoms with van der Waals surface area (Å²) in [7, 11) is 1.23. The van der Waals surface area contributed by atoms with Crippen molar-refractivity contribution in [3.8, 4) is 5.75 Å². The molecule has 4 nitrogen and oxygen atoms in total. The molecule has 0 fully saturated rings. The Bertz CT molecular complexity index is 555. The normalized spacial score (nSPS) is 12.5. The molecule has 0 saturated carbocycles. The van der Waals surface area contributed by atoms with Gasteiger partial charge in [0.05, 0.1) is 12.7 Å². The van der Waals surface area contributed by atoms with E-state index < -0.39 is 23.9 Å². The van der Waals surface area contributed by atoms with Gasteiger partial charge in [-0.15, -0.1) is 0 Å². The molecule has 121 valence electrons. The molecule has 0 saturated heterocycles. The molecule has 0 aromatic heterocycles. The van der Waals surface area contributed by atoms with Crippen LogP contribution in [-0.2, 0) is 10.9 Å². The van der Waals surface area contributed by atoms with Gasteiger partial charge in [-0.05, 0) is 38.0 Å². The van der Waals surface area contributed by atoms with E-state index in [-0.39, 0.29) is 17.9 Å². The predicted molar refractivity (Wildman–Crippen MR) is 76.7 cm³/mol. The van der Waals surface area contributed by atoms with Gasteiger partial charge in [-0.3, -0.25) is 5.32 Å². The van der Waals surface area contributed by atoms with Crippen molar-refractivity contribution < 1.29 is 27.4 Å². The molecule has 1 unspecified atom stereocenters. The van der Waals surface area contributed by atoms with Crippen molar-refractivity contribution in [2.75, 3.05) is 12.4 Å². The highest BCUT2D eigenvalue weighted by Gasteiger charge is 2.31. The minimum Gasteiger partial charge on any atom is -0.497 e. The third-order valence-electron chi connectivity index (χ3n) is 2.78. The van der Waals surface area contributed by atoms with E-state index in [0.717, 1.165) is 12.1 Å². The maximum atomic E-state index is 12.8. The Balaban J connectivity index is 2.93. The van der Waals surface area contributed by atoms with Crippen molar-refractivity contribution in [2.45, 2.75) is 25.6 Å². The van der Waals surface area contributed by atoms with Crippen molar-refractivity contribution in [3.05, 3.63) is 42.8 Å². The second-order valence-electron chi connectivity index (χ2n) is 4.60. The van der Waals surface area contributed by atoms with E-state index in [1.807, 2.05) is 0 Å². The fourth-order valence-corrected chi connectivity index (χ4v) is 1.64. The van der Waals surface area contributed by atoms with E-state index in [0.29, 0.717) is 5.57 Å². The van der Waals surface area contributed by atoms with Crippen LogP contribution in [0, 0.1) is 6.92 Å². The standard InChI is InChI=1S/C15H17F3NO3/c1-5-13(9(2)3)22-14(20)19-11-6-10(15(16,17)18)7-12(8-11)21-4/h6-8,13H,1-2,5H2,3-4H3,(H,19,20). The first-order chi connectivity index (χ1) is 10.2. The Morgan fingerprint density at radius 1 is 1.36 bits per heavy atom. The lowest BCUT2D eigenvalue weighted by molar-refractivity contribution is -0.137. The van der Waals surface area contributed by atoms with Crippen LogP contribution >= 0.6 is 0 Å². The Morgan fingerprint density at radius 3 is 2.45 bits per heavy atom. The minimum absolute atomic E-state index is 0.0289. The first kappa shape index (κ1) is 17.9. The number of hydrogen-bond acceptors (Lipinski definition) is 3. The summed E-state index contributed by atoms with van der Waals surface area (Å²) in [5, 5.41) is 2.24. The van der Waals surface area contributed by atoms with E-state index in [1.165, 1.54) is 13.2 Å². The summed E-state index contributed by atoms with van der Waals surface area (Å²) in [4.78, 5) is 11.7. The summed E-state index contributed by atoms with van der Waals surface area (Å²) in [5.41, 5.74) is -0.427. The molecule has 7 heteroatoms. The van der Waals surface area contributed by atoms with E-state index in [1.54, 1.807) is 6.92 Å². The molecule has 0 aliphatic rings. The van der Waals surface area contributed by atoms with Crippen molar-refractivity contribution in [1.29, 1.82) is 0 Å². The molecule has 1 N–H and O–H groups in total. The number of carbonyl (C=O) groups excluding carboxylic acids is 1. The summed E-state index contributed by atoms with van der Waals surface area (Å²) in [6.07, 6.45) is -5.78. The summed E-state index contributed by atoms with van der Waals surface area (Å²) in [6.45, 7) is 8.92. The zero-order valence-corrected chi connectivity index (χ0v) is 12.3. The van der Waals surface area contributed by atoms with Crippen LogP contribution in [-0.4, -0.2) is 19.3 Å². The minimum atomic E-state index is -4.55. The Labute approximate surface area is 126 Å². The van der Waals surface area contributed by atoms with Gasteiger partial charge in [0.2, 0.25) is 0 Å². The van der Waals surface area contributed by atoms with E-state index >= 15 is 0 Å². The van der Waals surface area contributed by atoms with Gasteiger partial charge in [0.25, 0.3) is 0 Å². The van der Waals surface area contributed by atoms with Gasteiger partial charge >= 0.3 is 12.3 Å². The molecular weight excluding hydrogens is 299 g/mol. The number of halogens is 3. The molecule has 1 aromatic carbocycles. The van der Waals surface area contributed by atoms with Gasteiger partial charge in [0.1, 0.15) is 11.9 Å². The van der Waals surface area contributed by atoms with Crippen LogP contribution < -0.4 is 10.1 Å². The maximum absolute atomic E-state index is 12.8. The quantitative estimate of drug-likeness (QED) is 0.817. The SMILES string of the molecule is [CH2]CC(OC(=O)Nc1cc(OC)cc(C(F)(F)F)c1)C(=C)C. The van der Waals surface area contributed by atoms with Gasteiger partial charge in [0.15, 0.2) is 0 Å². The average molecular weight is 316 g/mol. The number of benzene rings is 1. The largest absolute Gasteiger partial charge is 0.497 e. The molecule has 1 radical (unpaired) electrons. The van der Waals surface area contributed by atoms with Crippen LogP contribution in [0.2, 0.25) is 0 Å². The number of nitrogens with one attached hydrogen (secondary N) is 1. The molecule has 1 aromatic rings. The number of methoxy groups -OCH3 is 1. The second kappa shape index (κ2) is 7.20. The van der Waals surface area contributed by atoms with E-state index in [9.17, 15) is 18.0 Å². The van der Waals surface area contributed by atoms with Crippen molar-refractivity contribution in [3.63, 3.8) is 0 Å². The molecule has 1 amide bonds. The first-order valence-corrected chi connectivity index (χ1v) is 6.36. The number of ether oxygens (including phenoxy) is 2. The Hall–Kier alpha value is -2.18. The third kappa shape index (κ3) is 4.98. The highest BCUT2D eigenvalue weighted by atomic mass is 19.4. The number of alkyl halides is 3. The van der Waals surface area contributed by atoms with Crippen molar-refractivity contribution >= 4 is 11.8 Å². The fraction of sp³-hybridized carbons (Fsp3) is 0.333. The number of amides is 1. The molecule has 0 bridgehead atoms. The summed E-state index contributed by atoms with van der Waals surface area (Å²) in [6, 6.07) is 2.89. The van der Waals surface area contributed by atoms with Crippen LogP contribution in [0.4, 0.5) is 23.7 Å². The molecule has 0 aliphatic carbocycles. The number of rotatable bonds is 5. The molecular formula is C15H17F3NO3. The zero-order valence-electron chi connectivity index (χ0n) is 12.3. The Morgan fingerprint density at radius 2 is 2.00 bits per heavy atom. The highest BCUT2D eigenvalue weighted by molar-refractivity contribution is 5.85. The zero-order chi connectivity index (χ0) is 16.9. The van der Waals surface area contributed by atoms with Gasteiger partial charge in [-0.25, -0.2) is 4.79 Å². The lowest BCUT2D eigenvalue weighted by Crippen LogP contribution is -2.22. The van der Waals surface area contributed by atoms with Gasteiger partial charge in [-0.1, -0.05) is 6.58 Å². The fourth-order valence-electron chi connectivity index (χ4n) is 1.64. The van der Waals surface area contributed by atoms with Crippen LogP contribution in [0.5, 0.6) is 5.75 Å². The maximum Gasteiger partial charge on any atom is 0.416 e. The summed E-state index contributed by atoms with van der Waals surface area (Å²) < 4.78 is 48.1. The topological polar surface area (TPSA) is 47.6 Å².